The highest BCUT2D eigenvalue weighted by atomic mass is 35.5. The van der Waals surface area contributed by atoms with Gasteiger partial charge >= 0.3 is 6.01 Å². The first-order valence-electron chi connectivity index (χ1n) is 9.76. The number of phenolic OH excluding ortho intramolecular Hbond substituents is 2. The van der Waals surface area contributed by atoms with Crippen molar-refractivity contribution in [3.63, 3.8) is 0 Å². The molecule has 0 aliphatic heterocycles. The molecule has 1 aromatic heterocycles. The zero-order valence-electron chi connectivity index (χ0n) is 17.6. The van der Waals surface area contributed by atoms with Gasteiger partial charge in [-0.1, -0.05) is 58.6 Å². The quantitative estimate of drug-likeness (QED) is 0.347. The van der Waals surface area contributed by atoms with Gasteiger partial charge in [0.2, 0.25) is 10.0 Å². The van der Waals surface area contributed by atoms with E-state index >= 15 is 0 Å². The number of halogens is 2. The van der Waals surface area contributed by atoms with E-state index in [2.05, 4.69) is 10.2 Å². The van der Waals surface area contributed by atoms with E-state index in [9.17, 15) is 23.7 Å². The Hall–Kier alpha value is -3.31. The average molecular weight is 521 g/mol. The van der Waals surface area contributed by atoms with E-state index < -0.39 is 32.4 Å². The van der Waals surface area contributed by atoms with Crippen LogP contribution < -0.4 is 0 Å². The topological polar surface area (TPSA) is 129 Å². The van der Waals surface area contributed by atoms with Crippen molar-refractivity contribution in [3.05, 3.63) is 76.3 Å². The highest BCUT2D eigenvalue weighted by Crippen LogP contribution is 2.40. The molecule has 0 amide bonds. The second-order valence-electron chi connectivity index (χ2n) is 7.30. The molecule has 0 spiro atoms. The Morgan fingerprint density at radius 3 is 2.24 bits per heavy atom. The van der Waals surface area contributed by atoms with Crippen LogP contribution in [-0.4, -0.2) is 49.9 Å². The molecular weight excluding hydrogens is 503 g/mol. The lowest BCUT2D eigenvalue weighted by Crippen LogP contribution is -2.26. The molecule has 0 unspecified atom stereocenters. The van der Waals surface area contributed by atoms with Gasteiger partial charge in [0.15, 0.2) is 5.82 Å². The molecular formula is C22H18Cl2N4O5S. The summed E-state index contributed by atoms with van der Waals surface area (Å²) >= 11 is 12.4. The molecule has 4 aromatic rings. The first-order chi connectivity index (χ1) is 16.1. The van der Waals surface area contributed by atoms with Crippen LogP contribution in [0.3, 0.4) is 0 Å². The van der Waals surface area contributed by atoms with Gasteiger partial charge in [0.1, 0.15) is 16.4 Å². The van der Waals surface area contributed by atoms with Crippen LogP contribution in [0.15, 0.2) is 65.6 Å². The number of aromatic hydroxyl groups is 3. The molecule has 0 radical (unpaired) electrons. The van der Waals surface area contributed by atoms with Crippen molar-refractivity contribution in [2.75, 3.05) is 7.05 Å². The summed E-state index contributed by atoms with van der Waals surface area (Å²) in [6.45, 7) is -0.0613. The Bertz CT molecular complexity index is 1490. The van der Waals surface area contributed by atoms with Crippen LogP contribution >= 0.6 is 23.2 Å². The molecule has 12 heteroatoms. The summed E-state index contributed by atoms with van der Waals surface area (Å²) in [7, 11) is -2.91. The number of phenols is 2. The summed E-state index contributed by atoms with van der Waals surface area (Å²) in [5, 5.41) is 39.3. The zero-order valence-corrected chi connectivity index (χ0v) is 19.9. The van der Waals surface area contributed by atoms with E-state index in [1.54, 1.807) is 48.5 Å². The van der Waals surface area contributed by atoms with E-state index in [-0.39, 0.29) is 23.0 Å². The highest BCUT2D eigenvalue weighted by molar-refractivity contribution is 7.89. The number of hydrogen-bond donors (Lipinski definition) is 3. The van der Waals surface area contributed by atoms with Crippen LogP contribution in [0.2, 0.25) is 10.0 Å². The SMILES string of the molecule is CN(Cc1ccccc1Cl)S(=O)(=O)c1cc(-c2nnc(O)n2-c2ccccc2Cl)c(O)cc1O. The maximum atomic E-state index is 13.3. The Kier molecular flexibility index (Phi) is 6.41. The van der Waals surface area contributed by atoms with Crippen LogP contribution in [0.25, 0.3) is 17.1 Å². The third-order valence-electron chi connectivity index (χ3n) is 5.10. The summed E-state index contributed by atoms with van der Waals surface area (Å²) < 4.78 is 28.8. The maximum absolute atomic E-state index is 13.3. The van der Waals surface area contributed by atoms with Crippen molar-refractivity contribution >= 4 is 33.2 Å². The molecule has 1 heterocycles. The van der Waals surface area contributed by atoms with Gasteiger partial charge in [-0.15, -0.1) is 5.10 Å². The standard InChI is InChI=1S/C22H18Cl2N4O5S/c1-27(12-13-6-2-3-7-15(13)23)34(32,33)20-10-14(18(29)11-19(20)30)21-25-26-22(31)28(21)17-9-5-4-8-16(17)24/h2-11,29-30H,12H2,1H3,(H,26,31). The lowest BCUT2D eigenvalue weighted by molar-refractivity contribution is 0.420. The van der Waals surface area contributed by atoms with Crippen molar-refractivity contribution in [2.24, 2.45) is 0 Å². The largest absolute Gasteiger partial charge is 0.507 e. The van der Waals surface area contributed by atoms with E-state index in [0.717, 1.165) is 21.0 Å². The van der Waals surface area contributed by atoms with E-state index in [4.69, 9.17) is 23.2 Å². The predicted octanol–water partition coefficient (Wildman–Crippen LogP) is 4.18. The Morgan fingerprint density at radius 1 is 0.912 bits per heavy atom. The van der Waals surface area contributed by atoms with Gasteiger partial charge in [0.05, 0.1) is 16.3 Å². The number of hydrogen-bond acceptors (Lipinski definition) is 7. The zero-order chi connectivity index (χ0) is 24.6. The van der Waals surface area contributed by atoms with Crippen molar-refractivity contribution in [2.45, 2.75) is 11.4 Å². The summed E-state index contributed by atoms with van der Waals surface area (Å²) in [5.41, 5.74) is 0.766. The second-order valence-corrected chi connectivity index (χ2v) is 10.1. The molecule has 0 bridgehead atoms. The van der Waals surface area contributed by atoms with Gasteiger partial charge in [-0.25, -0.2) is 13.0 Å². The van der Waals surface area contributed by atoms with Crippen molar-refractivity contribution in [1.82, 2.24) is 19.1 Å². The van der Waals surface area contributed by atoms with Crippen LogP contribution in [0.4, 0.5) is 0 Å². The fourth-order valence-electron chi connectivity index (χ4n) is 3.37. The number of nitrogens with zero attached hydrogens (tertiary/aromatic N) is 4. The first kappa shape index (κ1) is 23.8. The number of sulfonamides is 1. The summed E-state index contributed by atoms with van der Waals surface area (Å²) in [6.07, 6.45) is 0. The summed E-state index contributed by atoms with van der Waals surface area (Å²) in [4.78, 5) is -0.483. The normalized spacial score (nSPS) is 11.8. The van der Waals surface area contributed by atoms with Crippen molar-refractivity contribution in [1.29, 1.82) is 0 Å². The number of para-hydroxylation sites is 1. The molecule has 3 N–H and O–H groups in total. The number of rotatable bonds is 6. The van der Waals surface area contributed by atoms with Gasteiger partial charge in [0, 0.05) is 24.7 Å². The maximum Gasteiger partial charge on any atom is 0.319 e. The third-order valence-corrected chi connectivity index (χ3v) is 7.62. The monoisotopic (exact) mass is 520 g/mol. The lowest BCUT2D eigenvalue weighted by Gasteiger charge is -2.19. The molecule has 34 heavy (non-hydrogen) atoms. The van der Waals surface area contributed by atoms with Gasteiger partial charge in [-0.05, 0) is 29.8 Å². The molecule has 0 saturated carbocycles. The van der Waals surface area contributed by atoms with Crippen LogP contribution in [0, 0.1) is 0 Å². The molecule has 0 aliphatic rings. The lowest BCUT2D eigenvalue weighted by atomic mass is 10.1. The average Bonchev–Trinajstić information content (AvgIpc) is 3.16. The van der Waals surface area contributed by atoms with E-state index in [0.29, 0.717) is 16.3 Å². The predicted molar refractivity (Wildman–Crippen MR) is 127 cm³/mol. The molecule has 4 rings (SSSR count). The highest BCUT2D eigenvalue weighted by Gasteiger charge is 2.29. The van der Waals surface area contributed by atoms with E-state index in [1.807, 2.05) is 0 Å². The molecule has 0 fully saturated rings. The summed E-state index contributed by atoms with van der Waals surface area (Å²) in [6, 6.07) is 14.7. The van der Waals surface area contributed by atoms with Crippen LogP contribution in [0.1, 0.15) is 5.56 Å². The molecule has 3 aromatic carbocycles. The Balaban J connectivity index is 1.82. The van der Waals surface area contributed by atoms with Gasteiger partial charge < -0.3 is 15.3 Å². The fraction of sp³-hybridized carbons (Fsp3) is 0.0909. The van der Waals surface area contributed by atoms with Crippen LogP contribution in [0.5, 0.6) is 17.5 Å². The van der Waals surface area contributed by atoms with E-state index in [1.165, 1.54) is 7.05 Å². The second kappa shape index (κ2) is 9.15. The van der Waals surface area contributed by atoms with Gasteiger partial charge in [-0.2, -0.15) is 4.31 Å². The number of benzene rings is 3. The molecule has 176 valence electrons. The number of aromatic nitrogens is 3. The molecule has 9 nitrogen and oxygen atoms in total. The van der Waals surface area contributed by atoms with Gasteiger partial charge in [-0.3, -0.25) is 0 Å². The molecule has 0 atom stereocenters. The minimum atomic E-state index is -4.24. The smallest absolute Gasteiger partial charge is 0.319 e. The minimum absolute atomic E-state index is 0.0613. The van der Waals surface area contributed by atoms with Gasteiger partial charge in [0.25, 0.3) is 0 Å². The van der Waals surface area contributed by atoms with Crippen LogP contribution in [-0.2, 0) is 16.6 Å². The molecule has 0 aliphatic carbocycles. The summed E-state index contributed by atoms with van der Waals surface area (Å²) in [5.74, 6) is -1.24. The minimum Gasteiger partial charge on any atom is -0.507 e. The van der Waals surface area contributed by atoms with Crippen molar-refractivity contribution < 1.29 is 23.7 Å². The third kappa shape index (κ3) is 4.28. The Morgan fingerprint density at radius 2 is 1.56 bits per heavy atom. The Labute approximate surface area is 205 Å². The first-order valence-corrected chi connectivity index (χ1v) is 12.0. The van der Waals surface area contributed by atoms with Crippen molar-refractivity contribution in [3.8, 4) is 34.6 Å². The fourth-order valence-corrected chi connectivity index (χ4v) is 5.02. The molecule has 0 saturated heterocycles.